The molecular formula is C20H28BrFN2O3. The van der Waals surface area contributed by atoms with E-state index < -0.39 is 5.82 Å². The molecule has 1 aromatic carbocycles. The summed E-state index contributed by atoms with van der Waals surface area (Å²) >= 11 is 3.21. The van der Waals surface area contributed by atoms with Crippen LogP contribution in [0, 0.1) is 11.7 Å². The van der Waals surface area contributed by atoms with Gasteiger partial charge in [-0.05, 0) is 50.8 Å². The van der Waals surface area contributed by atoms with Crippen LogP contribution in [0.4, 0.5) is 4.39 Å². The van der Waals surface area contributed by atoms with Crippen molar-refractivity contribution in [3.63, 3.8) is 0 Å². The third-order valence-corrected chi connectivity index (χ3v) is 5.72. The SMILES string of the molecule is CC1CN(CC2CCN(C(=O)COc3ccc(Br)cc3F)CC2)CC(C)O1. The number of rotatable bonds is 5. The molecule has 7 heteroatoms. The molecule has 2 aliphatic heterocycles. The van der Waals surface area contributed by atoms with E-state index in [4.69, 9.17) is 9.47 Å². The number of benzene rings is 1. The van der Waals surface area contributed by atoms with Crippen LogP contribution in [0.15, 0.2) is 22.7 Å². The molecule has 1 aromatic rings. The molecule has 1 amide bonds. The van der Waals surface area contributed by atoms with Gasteiger partial charge >= 0.3 is 0 Å². The molecule has 2 unspecified atom stereocenters. The molecule has 150 valence electrons. The van der Waals surface area contributed by atoms with Crippen LogP contribution in [0.5, 0.6) is 5.75 Å². The van der Waals surface area contributed by atoms with Crippen LogP contribution in [0.2, 0.25) is 0 Å². The van der Waals surface area contributed by atoms with E-state index in [2.05, 4.69) is 34.7 Å². The zero-order valence-corrected chi connectivity index (χ0v) is 17.6. The molecule has 0 saturated carbocycles. The van der Waals surface area contributed by atoms with E-state index in [0.29, 0.717) is 10.4 Å². The standard InChI is InChI=1S/C20H28BrFN2O3/c1-14-10-23(11-15(2)27-14)12-16-5-7-24(8-6-16)20(25)13-26-19-4-3-17(21)9-18(19)22/h3-4,9,14-16H,5-8,10-13H2,1-2H3. The van der Waals surface area contributed by atoms with E-state index in [1.807, 2.05) is 4.90 Å². The van der Waals surface area contributed by atoms with Gasteiger partial charge in [0.1, 0.15) is 0 Å². The number of nitrogens with zero attached hydrogens (tertiary/aromatic N) is 2. The van der Waals surface area contributed by atoms with Crippen LogP contribution in [-0.2, 0) is 9.53 Å². The van der Waals surface area contributed by atoms with Gasteiger partial charge in [0.2, 0.25) is 0 Å². The second-order valence-electron chi connectivity index (χ2n) is 7.66. The summed E-state index contributed by atoms with van der Waals surface area (Å²) in [5, 5.41) is 0. The Morgan fingerprint density at radius 2 is 1.93 bits per heavy atom. The third kappa shape index (κ3) is 5.90. The zero-order valence-electron chi connectivity index (χ0n) is 16.0. The van der Waals surface area contributed by atoms with Gasteiger partial charge in [-0.1, -0.05) is 15.9 Å². The summed E-state index contributed by atoms with van der Waals surface area (Å²) in [4.78, 5) is 16.7. The van der Waals surface area contributed by atoms with Gasteiger partial charge in [-0.25, -0.2) is 4.39 Å². The highest BCUT2D eigenvalue weighted by atomic mass is 79.9. The maximum absolute atomic E-state index is 13.8. The fourth-order valence-corrected chi connectivity index (χ4v) is 4.32. The molecule has 2 fully saturated rings. The molecule has 2 atom stereocenters. The first-order valence-corrected chi connectivity index (χ1v) is 10.4. The Kier molecular flexibility index (Phi) is 7.11. The van der Waals surface area contributed by atoms with Crippen LogP contribution in [0.25, 0.3) is 0 Å². The number of piperidine rings is 1. The number of halogens is 2. The Balaban J connectivity index is 1.41. The van der Waals surface area contributed by atoms with Crippen LogP contribution in [-0.4, -0.2) is 67.2 Å². The molecule has 3 rings (SSSR count). The number of likely N-dealkylation sites (tertiary alicyclic amines) is 1. The number of ether oxygens (including phenoxy) is 2. The highest BCUT2D eigenvalue weighted by molar-refractivity contribution is 9.10. The van der Waals surface area contributed by atoms with Crippen LogP contribution in [0.1, 0.15) is 26.7 Å². The van der Waals surface area contributed by atoms with E-state index in [-0.39, 0.29) is 30.5 Å². The number of amides is 1. The van der Waals surface area contributed by atoms with Crippen molar-refractivity contribution in [2.45, 2.75) is 38.9 Å². The molecular weight excluding hydrogens is 415 g/mol. The Labute approximate surface area is 168 Å². The second-order valence-corrected chi connectivity index (χ2v) is 8.58. The molecule has 2 aliphatic rings. The number of carbonyl (C=O) groups is 1. The molecule has 0 radical (unpaired) electrons. The van der Waals surface area contributed by atoms with Gasteiger partial charge in [0.15, 0.2) is 18.2 Å². The van der Waals surface area contributed by atoms with Crippen molar-refractivity contribution >= 4 is 21.8 Å². The highest BCUT2D eigenvalue weighted by Gasteiger charge is 2.28. The minimum Gasteiger partial charge on any atom is -0.481 e. The first-order chi connectivity index (χ1) is 12.9. The van der Waals surface area contributed by atoms with Gasteiger partial charge in [-0.15, -0.1) is 0 Å². The van der Waals surface area contributed by atoms with Crippen molar-refractivity contribution in [3.05, 3.63) is 28.5 Å². The summed E-state index contributed by atoms with van der Waals surface area (Å²) in [5.74, 6) is 0.169. The summed E-state index contributed by atoms with van der Waals surface area (Å²) in [7, 11) is 0. The molecule has 27 heavy (non-hydrogen) atoms. The summed E-state index contributed by atoms with van der Waals surface area (Å²) in [6.07, 6.45) is 2.56. The highest BCUT2D eigenvalue weighted by Crippen LogP contribution is 2.23. The fraction of sp³-hybridized carbons (Fsp3) is 0.650. The van der Waals surface area contributed by atoms with Crippen LogP contribution < -0.4 is 4.74 Å². The van der Waals surface area contributed by atoms with Crippen molar-refractivity contribution in [2.24, 2.45) is 5.92 Å². The molecule has 0 N–H and O–H groups in total. The lowest BCUT2D eigenvalue weighted by Gasteiger charge is -2.39. The van der Waals surface area contributed by atoms with Crippen molar-refractivity contribution in [2.75, 3.05) is 39.3 Å². The molecule has 0 bridgehead atoms. The van der Waals surface area contributed by atoms with Gasteiger partial charge in [0.05, 0.1) is 12.2 Å². The minimum atomic E-state index is -0.468. The van der Waals surface area contributed by atoms with E-state index in [0.717, 1.165) is 45.6 Å². The van der Waals surface area contributed by atoms with Crippen molar-refractivity contribution in [1.82, 2.24) is 9.80 Å². The molecule has 0 spiro atoms. The zero-order chi connectivity index (χ0) is 19.4. The summed E-state index contributed by atoms with van der Waals surface area (Å²) in [5.41, 5.74) is 0. The number of hydrogen-bond acceptors (Lipinski definition) is 4. The Hall–Kier alpha value is -1.18. The molecule has 2 saturated heterocycles. The first kappa shape index (κ1) is 20.6. The lowest BCUT2D eigenvalue weighted by atomic mass is 9.95. The maximum atomic E-state index is 13.8. The summed E-state index contributed by atoms with van der Waals surface area (Å²) < 4.78 is 25.6. The Morgan fingerprint density at radius 1 is 1.26 bits per heavy atom. The lowest BCUT2D eigenvalue weighted by molar-refractivity contribution is -0.135. The average Bonchev–Trinajstić information content (AvgIpc) is 2.60. The van der Waals surface area contributed by atoms with Crippen molar-refractivity contribution in [3.8, 4) is 5.75 Å². The van der Waals surface area contributed by atoms with Gasteiger partial charge in [0, 0.05) is 37.2 Å². The number of morpholine rings is 1. The fourth-order valence-electron chi connectivity index (χ4n) is 3.99. The van der Waals surface area contributed by atoms with E-state index in [1.165, 1.54) is 12.1 Å². The average molecular weight is 443 g/mol. The van der Waals surface area contributed by atoms with Crippen molar-refractivity contribution < 1.29 is 18.7 Å². The van der Waals surface area contributed by atoms with Gasteiger partial charge in [0.25, 0.3) is 5.91 Å². The Morgan fingerprint density at radius 3 is 2.56 bits per heavy atom. The van der Waals surface area contributed by atoms with Gasteiger partial charge in [-0.3, -0.25) is 9.69 Å². The quantitative estimate of drug-likeness (QED) is 0.701. The van der Waals surface area contributed by atoms with Crippen molar-refractivity contribution in [1.29, 1.82) is 0 Å². The second kappa shape index (κ2) is 9.34. The maximum Gasteiger partial charge on any atom is 0.260 e. The van der Waals surface area contributed by atoms with Crippen LogP contribution in [0.3, 0.4) is 0 Å². The number of hydrogen-bond donors (Lipinski definition) is 0. The van der Waals surface area contributed by atoms with E-state index in [1.54, 1.807) is 6.07 Å². The van der Waals surface area contributed by atoms with Gasteiger partial charge in [-0.2, -0.15) is 0 Å². The number of carbonyl (C=O) groups excluding carboxylic acids is 1. The largest absolute Gasteiger partial charge is 0.481 e. The predicted molar refractivity (Wildman–Crippen MR) is 105 cm³/mol. The minimum absolute atomic E-state index is 0.0793. The molecule has 0 aliphatic carbocycles. The molecule has 2 heterocycles. The predicted octanol–water partition coefficient (Wildman–Crippen LogP) is 3.31. The Bertz CT molecular complexity index is 642. The summed E-state index contributed by atoms with van der Waals surface area (Å²) in [6.45, 7) is 8.64. The summed E-state index contributed by atoms with van der Waals surface area (Å²) in [6, 6.07) is 4.56. The first-order valence-electron chi connectivity index (χ1n) is 9.64. The van der Waals surface area contributed by atoms with Gasteiger partial charge < -0.3 is 14.4 Å². The lowest BCUT2D eigenvalue weighted by Crippen LogP contribution is -2.49. The third-order valence-electron chi connectivity index (χ3n) is 5.22. The monoisotopic (exact) mass is 442 g/mol. The van der Waals surface area contributed by atoms with E-state index in [9.17, 15) is 9.18 Å². The normalized spacial score (nSPS) is 24.8. The molecule has 5 nitrogen and oxygen atoms in total. The topological polar surface area (TPSA) is 42.0 Å². The molecule has 0 aromatic heterocycles. The van der Waals surface area contributed by atoms with Crippen LogP contribution >= 0.6 is 15.9 Å². The van der Waals surface area contributed by atoms with E-state index >= 15 is 0 Å². The smallest absolute Gasteiger partial charge is 0.260 e.